The van der Waals surface area contributed by atoms with Gasteiger partial charge in [-0.3, -0.25) is 0 Å². The van der Waals surface area contributed by atoms with Gasteiger partial charge in [-0.25, -0.2) is 22.7 Å². The highest BCUT2D eigenvalue weighted by Crippen LogP contribution is 2.38. The SMILES string of the molecule is CC(C)(C)OC(=O)N[C@@H](CC=NS(=O)(=O)CCC(c1ccc2c(cnn2COCC[Si](C)(C)C)c1)C(F)(F)F)C(=O)OC(C)(C)C. The van der Waals surface area contributed by atoms with Crippen LogP contribution < -0.4 is 5.32 Å². The van der Waals surface area contributed by atoms with E-state index in [2.05, 4.69) is 34.5 Å². The molecule has 1 N–H and O–H groups in total. The highest BCUT2D eigenvalue weighted by Gasteiger charge is 2.41. The van der Waals surface area contributed by atoms with Crippen molar-refractivity contribution in [1.29, 1.82) is 0 Å². The van der Waals surface area contributed by atoms with E-state index in [1.807, 2.05) is 0 Å². The van der Waals surface area contributed by atoms with Crippen molar-refractivity contribution in [2.75, 3.05) is 12.4 Å². The van der Waals surface area contributed by atoms with Gasteiger partial charge in [0.2, 0.25) is 0 Å². The van der Waals surface area contributed by atoms with Gasteiger partial charge in [-0.1, -0.05) is 25.7 Å². The number of benzene rings is 1. The zero-order chi connectivity index (χ0) is 35.1. The van der Waals surface area contributed by atoms with Crippen molar-refractivity contribution in [3.63, 3.8) is 0 Å². The Morgan fingerprint density at radius 1 is 1.07 bits per heavy atom. The highest BCUT2D eigenvalue weighted by atomic mass is 32.2. The summed E-state index contributed by atoms with van der Waals surface area (Å²) < 4.78 is 88.9. The van der Waals surface area contributed by atoms with Crippen molar-refractivity contribution in [3.05, 3.63) is 30.0 Å². The van der Waals surface area contributed by atoms with E-state index < -0.39 is 78.1 Å². The minimum atomic E-state index is -4.73. The monoisotopic (exact) mass is 692 g/mol. The molecule has 16 heteroatoms. The summed E-state index contributed by atoms with van der Waals surface area (Å²) in [5.74, 6) is -3.86. The second-order valence-electron chi connectivity index (χ2n) is 14.2. The highest BCUT2D eigenvalue weighted by molar-refractivity contribution is 7.90. The maximum atomic E-state index is 14.1. The van der Waals surface area contributed by atoms with Gasteiger partial charge in [0.05, 0.1) is 23.4 Å². The molecule has 260 valence electrons. The van der Waals surface area contributed by atoms with E-state index in [-0.39, 0.29) is 12.3 Å². The number of sulfonamides is 1. The third-order valence-corrected chi connectivity index (χ3v) is 9.22. The van der Waals surface area contributed by atoms with E-state index in [1.54, 1.807) is 46.2 Å². The van der Waals surface area contributed by atoms with Crippen LogP contribution in [0.4, 0.5) is 18.0 Å². The molecule has 1 unspecified atom stereocenters. The lowest BCUT2D eigenvalue weighted by molar-refractivity contribution is -0.157. The summed E-state index contributed by atoms with van der Waals surface area (Å²) in [7, 11) is -5.66. The predicted molar refractivity (Wildman–Crippen MR) is 173 cm³/mol. The summed E-state index contributed by atoms with van der Waals surface area (Å²) in [6.45, 7) is 17.1. The van der Waals surface area contributed by atoms with E-state index in [9.17, 15) is 31.2 Å². The van der Waals surface area contributed by atoms with Gasteiger partial charge in [-0.2, -0.15) is 22.7 Å². The predicted octanol–water partition coefficient (Wildman–Crippen LogP) is 6.41. The van der Waals surface area contributed by atoms with Gasteiger partial charge in [0.25, 0.3) is 10.0 Å². The van der Waals surface area contributed by atoms with E-state index in [4.69, 9.17) is 14.2 Å². The van der Waals surface area contributed by atoms with Gasteiger partial charge in [-0.05, 0) is 71.7 Å². The number of carbonyl (C=O) groups excluding carboxylic acids is 2. The minimum Gasteiger partial charge on any atom is -0.458 e. The van der Waals surface area contributed by atoms with Crippen LogP contribution in [0.15, 0.2) is 28.8 Å². The molecule has 0 fully saturated rings. The van der Waals surface area contributed by atoms with E-state index in [0.29, 0.717) is 17.5 Å². The third-order valence-electron chi connectivity index (χ3n) is 6.30. The number of ether oxygens (including phenoxy) is 3. The second-order valence-corrected chi connectivity index (χ2v) is 21.6. The Bertz CT molecular complexity index is 1470. The van der Waals surface area contributed by atoms with Crippen LogP contribution in [-0.2, 0) is 35.8 Å². The average Bonchev–Trinajstić information content (AvgIpc) is 3.24. The summed E-state index contributed by atoms with van der Waals surface area (Å²) in [6, 6.07) is 3.78. The van der Waals surface area contributed by atoms with Crippen LogP contribution in [0.2, 0.25) is 25.7 Å². The molecule has 0 radical (unpaired) electrons. The number of nitrogens with zero attached hydrogens (tertiary/aromatic N) is 3. The molecule has 1 aromatic heterocycles. The summed E-state index contributed by atoms with van der Waals surface area (Å²) in [6.07, 6.45) is -4.56. The number of carbonyl (C=O) groups is 2. The topological polar surface area (TPSA) is 138 Å². The Kier molecular flexibility index (Phi) is 13.0. The molecule has 0 aliphatic rings. The molecule has 11 nitrogen and oxygen atoms in total. The molecule has 0 aliphatic heterocycles. The first kappa shape index (κ1) is 39.2. The van der Waals surface area contributed by atoms with Crippen molar-refractivity contribution in [2.45, 2.75) is 116 Å². The molecule has 0 saturated carbocycles. The molecule has 0 saturated heterocycles. The number of fused-ring (bicyclic) bond motifs is 1. The Morgan fingerprint density at radius 3 is 2.26 bits per heavy atom. The first-order valence-electron chi connectivity index (χ1n) is 14.9. The van der Waals surface area contributed by atoms with Gasteiger partial charge in [-0.15, -0.1) is 0 Å². The minimum absolute atomic E-state index is 0.107. The number of alkyl halides is 3. The van der Waals surface area contributed by atoms with Crippen molar-refractivity contribution in [2.24, 2.45) is 4.40 Å². The summed E-state index contributed by atoms with van der Waals surface area (Å²) in [5, 5.41) is 7.02. The Balaban J connectivity index is 2.14. The summed E-state index contributed by atoms with van der Waals surface area (Å²) >= 11 is 0. The van der Waals surface area contributed by atoms with Crippen molar-refractivity contribution in [3.8, 4) is 0 Å². The van der Waals surface area contributed by atoms with Crippen LogP contribution in [-0.4, -0.2) is 80.3 Å². The number of esters is 1. The lowest BCUT2D eigenvalue weighted by atomic mass is 9.95. The smallest absolute Gasteiger partial charge is 0.408 e. The number of nitrogens with one attached hydrogen (secondary N) is 1. The molecule has 2 atom stereocenters. The molecule has 0 spiro atoms. The van der Waals surface area contributed by atoms with Gasteiger partial charge in [0.15, 0.2) is 0 Å². The average molecular weight is 693 g/mol. The van der Waals surface area contributed by atoms with Gasteiger partial charge >= 0.3 is 18.2 Å². The van der Waals surface area contributed by atoms with Crippen molar-refractivity contribution in [1.82, 2.24) is 15.1 Å². The molecule has 2 rings (SSSR count). The number of halogens is 3. The summed E-state index contributed by atoms with van der Waals surface area (Å²) in [5.41, 5.74) is -1.30. The Morgan fingerprint density at radius 2 is 1.70 bits per heavy atom. The fraction of sp³-hybridized carbons (Fsp3) is 0.667. The van der Waals surface area contributed by atoms with Crippen LogP contribution in [0.5, 0.6) is 0 Å². The number of alkyl carbamates (subject to hydrolysis) is 1. The standard InChI is InChI=1S/C30H47F3N4O7SSi/c1-28(2,3)43-26(38)24(36-27(39)44-29(4,5)6)12-14-35-45(40,41)16-13-23(30(31,32)33)21-10-11-25-22(18-21)19-34-37(25)20-42-15-17-46(7,8)9/h10-11,14,18-19,23-24H,12-13,15-17,20H2,1-9H3,(H,36,39)/t23?,24-/m0/s1. The zero-order valence-electron chi connectivity index (χ0n) is 28.0. The second kappa shape index (κ2) is 15.3. The number of rotatable bonds is 14. The maximum Gasteiger partial charge on any atom is 0.408 e. The molecule has 1 aromatic carbocycles. The lowest BCUT2D eigenvalue weighted by Gasteiger charge is -2.25. The van der Waals surface area contributed by atoms with E-state index in [0.717, 1.165) is 12.3 Å². The van der Waals surface area contributed by atoms with E-state index in [1.165, 1.54) is 24.4 Å². The zero-order valence-corrected chi connectivity index (χ0v) is 29.8. The number of aromatic nitrogens is 2. The molecule has 46 heavy (non-hydrogen) atoms. The quantitative estimate of drug-likeness (QED) is 0.104. The molecule has 1 amide bonds. The molecule has 0 bridgehead atoms. The Labute approximate surface area is 270 Å². The fourth-order valence-electron chi connectivity index (χ4n) is 4.09. The van der Waals surface area contributed by atoms with Gasteiger partial charge in [0, 0.05) is 32.7 Å². The van der Waals surface area contributed by atoms with Gasteiger partial charge in [0.1, 0.15) is 24.0 Å². The van der Waals surface area contributed by atoms with Crippen LogP contribution >= 0.6 is 0 Å². The van der Waals surface area contributed by atoms with E-state index >= 15 is 0 Å². The normalized spacial score (nSPS) is 14.8. The maximum absolute atomic E-state index is 14.1. The van der Waals surface area contributed by atoms with Crippen LogP contribution in [0.3, 0.4) is 0 Å². The molecule has 1 heterocycles. The third kappa shape index (κ3) is 14.2. The van der Waals surface area contributed by atoms with Crippen molar-refractivity contribution < 1.29 is 45.4 Å². The van der Waals surface area contributed by atoms with Crippen LogP contribution in [0, 0.1) is 0 Å². The summed E-state index contributed by atoms with van der Waals surface area (Å²) in [4.78, 5) is 24.9. The largest absolute Gasteiger partial charge is 0.458 e. The van der Waals surface area contributed by atoms with Crippen LogP contribution in [0.1, 0.15) is 65.9 Å². The number of hydrogen-bond acceptors (Lipinski definition) is 8. The fourth-order valence-corrected chi connectivity index (χ4v) is 5.80. The Hall–Kier alpha value is -2.98. The molecular weight excluding hydrogens is 645 g/mol. The molecular formula is C30H47F3N4O7SSi. The molecule has 0 aliphatic carbocycles. The lowest BCUT2D eigenvalue weighted by Crippen LogP contribution is -2.46. The first-order chi connectivity index (χ1) is 20.9. The van der Waals surface area contributed by atoms with Crippen LogP contribution in [0.25, 0.3) is 10.9 Å². The molecule has 2 aromatic rings. The van der Waals surface area contributed by atoms with Gasteiger partial charge < -0.3 is 19.5 Å². The number of amides is 1. The number of hydrogen-bond donors (Lipinski definition) is 1. The first-order valence-corrected chi connectivity index (χ1v) is 20.3. The van der Waals surface area contributed by atoms with Crippen molar-refractivity contribution >= 4 is 47.3 Å².